The Bertz CT molecular complexity index is 363. The van der Waals surface area contributed by atoms with Crippen molar-refractivity contribution >= 4 is 5.97 Å². The lowest BCUT2D eigenvalue weighted by atomic mass is 10.1. The van der Waals surface area contributed by atoms with E-state index in [1.54, 1.807) is 0 Å². The van der Waals surface area contributed by atoms with E-state index >= 15 is 0 Å². The van der Waals surface area contributed by atoms with E-state index in [1.165, 1.54) is 0 Å². The van der Waals surface area contributed by atoms with Gasteiger partial charge in [-0.1, -0.05) is 30.3 Å². The predicted octanol–water partition coefficient (Wildman–Crippen LogP) is 1.84. The summed E-state index contributed by atoms with van der Waals surface area (Å²) in [6.45, 7) is 1.04. The van der Waals surface area contributed by atoms with Crippen molar-refractivity contribution in [2.45, 2.75) is 31.7 Å². The second-order valence-electron chi connectivity index (χ2n) is 4.21. The maximum absolute atomic E-state index is 10.5. The summed E-state index contributed by atoms with van der Waals surface area (Å²) in [5, 5.41) is 8.65. The summed E-state index contributed by atoms with van der Waals surface area (Å²) in [6, 6.07) is 9.91. The van der Waals surface area contributed by atoms with E-state index < -0.39 is 5.97 Å². The maximum atomic E-state index is 10.5. The summed E-state index contributed by atoms with van der Waals surface area (Å²) in [4.78, 5) is 10.5. The quantitative estimate of drug-likeness (QED) is 0.847. The molecule has 0 aliphatic carbocycles. The summed E-state index contributed by atoms with van der Waals surface area (Å²) in [5.74, 6) is -0.821. The van der Waals surface area contributed by atoms with Gasteiger partial charge < -0.3 is 14.6 Å². The van der Waals surface area contributed by atoms with E-state index in [2.05, 4.69) is 0 Å². The molecule has 0 bridgehead atoms. The summed E-state index contributed by atoms with van der Waals surface area (Å²) in [5.41, 5.74) is 1.12. The molecular weight excluding hydrogens is 220 g/mol. The monoisotopic (exact) mass is 236 g/mol. The number of hydrogen-bond acceptors (Lipinski definition) is 3. The number of hydrogen-bond donors (Lipinski definition) is 1. The van der Waals surface area contributed by atoms with Gasteiger partial charge >= 0.3 is 5.97 Å². The molecule has 4 heteroatoms. The standard InChI is InChI=1S/C13H16O4/c14-13(15)7-11-6-12(9-17-11)16-8-10-4-2-1-3-5-10/h1-5,11-12H,6-9H2,(H,14,15)/t11?,12-/m1/s1. The van der Waals surface area contributed by atoms with Gasteiger partial charge in [-0.2, -0.15) is 0 Å². The Morgan fingerprint density at radius 3 is 2.88 bits per heavy atom. The van der Waals surface area contributed by atoms with Gasteiger partial charge in [0.25, 0.3) is 0 Å². The zero-order valence-corrected chi connectivity index (χ0v) is 9.54. The number of rotatable bonds is 5. The Hall–Kier alpha value is -1.39. The number of aliphatic carboxylic acids is 1. The molecule has 1 aliphatic heterocycles. The Balaban J connectivity index is 1.73. The minimum atomic E-state index is -0.821. The van der Waals surface area contributed by atoms with Crippen LogP contribution in [0.5, 0.6) is 0 Å². The molecule has 92 valence electrons. The lowest BCUT2D eigenvalue weighted by Gasteiger charge is -2.09. The lowest BCUT2D eigenvalue weighted by Crippen LogP contribution is -2.14. The van der Waals surface area contributed by atoms with Crippen LogP contribution in [0.25, 0.3) is 0 Å². The van der Waals surface area contributed by atoms with Crippen molar-refractivity contribution in [2.75, 3.05) is 6.61 Å². The smallest absolute Gasteiger partial charge is 0.305 e. The fourth-order valence-electron chi connectivity index (χ4n) is 1.91. The highest BCUT2D eigenvalue weighted by molar-refractivity contribution is 5.67. The molecule has 2 atom stereocenters. The van der Waals surface area contributed by atoms with Crippen LogP contribution in [0.1, 0.15) is 18.4 Å². The normalized spacial score (nSPS) is 23.8. The van der Waals surface area contributed by atoms with Gasteiger partial charge in [-0.15, -0.1) is 0 Å². The van der Waals surface area contributed by atoms with Crippen molar-refractivity contribution in [3.8, 4) is 0 Å². The zero-order valence-electron chi connectivity index (χ0n) is 9.54. The van der Waals surface area contributed by atoms with E-state index in [0.717, 1.165) is 5.56 Å². The van der Waals surface area contributed by atoms with Crippen molar-refractivity contribution < 1.29 is 19.4 Å². The van der Waals surface area contributed by atoms with Crippen LogP contribution >= 0.6 is 0 Å². The van der Waals surface area contributed by atoms with E-state index in [9.17, 15) is 4.79 Å². The highest BCUT2D eigenvalue weighted by atomic mass is 16.6. The number of carboxylic acids is 1. The first kappa shape index (κ1) is 12.1. The second kappa shape index (κ2) is 5.80. The molecule has 0 saturated carbocycles. The molecular formula is C13H16O4. The fourth-order valence-corrected chi connectivity index (χ4v) is 1.91. The van der Waals surface area contributed by atoms with Crippen LogP contribution in [0, 0.1) is 0 Å². The van der Waals surface area contributed by atoms with E-state index in [-0.39, 0.29) is 18.6 Å². The highest BCUT2D eigenvalue weighted by Gasteiger charge is 2.27. The first-order chi connectivity index (χ1) is 8.24. The van der Waals surface area contributed by atoms with Crippen LogP contribution in [0.2, 0.25) is 0 Å². The van der Waals surface area contributed by atoms with Gasteiger partial charge in [0, 0.05) is 6.42 Å². The van der Waals surface area contributed by atoms with Gasteiger partial charge in [0.1, 0.15) is 0 Å². The van der Waals surface area contributed by atoms with Crippen molar-refractivity contribution in [1.29, 1.82) is 0 Å². The molecule has 1 aliphatic rings. The van der Waals surface area contributed by atoms with Crippen LogP contribution in [0.15, 0.2) is 30.3 Å². The molecule has 1 unspecified atom stereocenters. The average molecular weight is 236 g/mol. The van der Waals surface area contributed by atoms with Gasteiger partial charge in [-0.3, -0.25) is 4.79 Å². The van der Waals surface area contributed by atoms with Crippen LogP contribution in [0.3, 0.4) is 0 Å². The molecule has 1 saturated heterocycles. The molecule has 0 aromatic heterocycles. The summed E-state index contributed by atoms with van der Waals surface area (Å²) in [6.07, 6.45) is 0.539. The van der Waals surface area contributed by atoms with Crippen LogP contribution in [0.4, 0.5) is 0 Å². The fraction of sp³-hybridized carbons (Fsp3) is 0.462. The van der Waals surface area contributed by atoms with Gasteiger partial charge in [0.2, 0.25) is 0 Å². The Morgan fingerprint density at radius 1 is 1.41 bits per heavy atom. The van der Waals surface area contributed by atoms with Crippen molar-refractivity contribution in [3.63, 3.8) is 0 Å². The van der Waals surface area contributed by atoms with E-state index in [0.29, 0.717) is 19.6 Å². The summed E-state index contributed by atoms with van der Waals surface area (Å²) >= 11 is 0. The molecule has 1 aromatic carbocycles. The van der Waals surface area contributed by atoms with Crippen molar-refractivity contribution in [1.82, 2.24) is 0 Å². The third-order valence-corrected chi connectivity index (χ3v) is 2.77. The number of carboxylic acid groups (broad SMARTS) is 1. The molecule has 2 rings (SSSR count). The highest BCUT2D eigenvalue weighted by Crippen LogP contribution is 2.20. The van der Waals surface area contributed by atoms with Gasteiger partial charge in [-0.05, 0) is 5.56 Å². The van der Waals surface area contributed by atoms with Crippen molar-refractivity contribution in [3.05, 3.63) is 35.9 Å². The maximum Gasteiger partial charge on any atom is 0.305 e. The van der Waals surface area contributed by atoms with E-state index in [4.69, 9.17) is 14.6 Å². The van der Waals surface area contributed by atoms with Crippen LogP contribution < -0.4 is 0 Å². The first-order valence-corrected chi connectivity index (χ1v) is 5.73. The molecule has 17 heavy (non-hydrogen) atoms. The zero-order chi connectivity index (χ0) is 12.1. The Morgan fingerprint density at radius 2 is 2.18 bits per heavy atom. The summed E-state index contributed by atoms with van der Waals surface area (Å²) in [7, 11) is 0. The lowest BCUT2D eigenvalue weighted by molar-refractivity contribution is -0.139. The molecule has 1 N–H and O–H groups in total. The van der Waals surface area contributed by atoms with E-state index in [1.807, 2.05) is 30.3 Å². The SMILES string of the molecule is O=C(O)CC1C[C@@H](OCc2ccccc2)CO1. The third kappa shape index (κ3) is 3.84. The number of ether oxygens (including phenoxy) is 2. The minimum absolute atomic E-state index is 0.0135. The molecule has 1 aromatic rings. The Kier molecular flexibility index (Phi) is 4.12. The molecule has 0 radical (unpaired) electrons. The predicted molar refractivity (Wildman–Crippen MR) is 61.6 cm³/mol. The van der Waals surface area contributed by atoms with Gasteiger partial charge in [0.15, 0.2) is 0 Å². The number of benzene rings is 1. The van der Waals surface area contributed by atoms with Gasteiger partial charge in [0.05, 0.1) is 31.8 Å². The molecule has 1 heterocycles. The van der Waals surface area contributed by atoms with Crippen LogP contribution in [-0.4, -0.2) is 29.9 Å². The molecule has 0 spiro atoms. The first-order valence-electron chi connectivity index (χ1n) is 5.73. The Labute approximate surface area is 100 Å². The third-order valence-electron chi connectivity index (χ3n) is 2.77. The second-order valence-corrected chi connectivity index (χ2v) is 4.21. The average Bonchev–Trinajstić information content (AvgIpc) is 2.75. The topological polar surface area (TPSA) is 55.8 Å². The molecule has 0 amide bonds. The van der Waals surface area contributed by atoms with Gasteiger partial charge in [-0.25, -0.2) is 0 Å². The van der Waals surface area contributed by atoms with Crippen LogP contribution in [-0.2, 0) is 20.9 Å². The summed E-state index contributed by atoms with van der Waals surface area (Å²) < 4.78 is 11.0. The number of carbonyl (C=O) groups is 1. The molecule has 1 fully saturated rings. The largest absolute Gasteiger partial charge is 0.481 e. The minimum Gasteiger partial charge on any atom is -0.481 e. The molecule has 4 nitrogen and oxygen atoms in total. The van der Waals surface area contributed by atoms with Crippen molar-refractivity contribution in [2.24, 2.45) is 0 Å².